The quantitative estimate of drug-likeness (QED) is 0.0491. The lowest BCUT2D eigenvalue weighted by Crippen LogP contribution is -2.46. The highest BCUT2D eigenvalue weighted by Crippen LogP contribution is 2.32. The van der Waals surface area contributed by atoms with Crippen molar-refractivity contribution in [2.45, 2.75) is 48.1 Å². The highest BCUT2D eigenvalue weighted by atomic mass is 35.5. The number of nitrogens with one attached hydrogen (secondary N) is 3. The van der Waals surface area contributed by atoms with E-state index in [2.05, 4.69) is 47.3 Å². The second-order valence-corrected chi connectivity index (χ2v) is 20.8. The van der Waals surface area contributed by atoms with E-state index in [4.69, 9.17) is 11.6 Å². The van der Waals surface area contributed by atoms with Gasteiger partial charge in [0, 0.05) is 95.8 Å². The van der Waals surface area contributed by atoms with E-state index in [-0.39, 0.29) is 22.6 Å². The third kappa shape index (κ3) is 12.6. The smallest absolute Gasteiger partial charge is 0.261 e. The average molecular weight is 983 g/mol. The lowest BCUT2D eigenvalue weighted by Gasteiger charge is -2.37. The molecule has 8 rings (SSSR count). The summed E-state index contributed by atoms with van der Waals surface area (Å²) in [6.07, 6.45) is 3.74. The minimum Gasteiger partial charge on any atom is -0.771 e. The van der Waals surface area contributed by atoms with E-state index in [1.807, 2.05) is 67.6 Å². The van der Waals surface area contributed by atoms with E-state index in [9.17, 15) is 27.1 Å². The molecule has 0 aliphatic carbocycles. The average Bonchev–Trinajstić information content (AvgIpc) is 3.79. The predicted molar refractivity (Wildman–Crippen MR) is 269 cm³/mol. The van der Waals surface area contributed by atoms with Crippen LogP contribution in [0.4, 0.5) is 22.7 Å². The van der Waals surface area contributed by atoms with Gasteiger partial charge in [0.25, 0.3) is 15.9 Å². The molecule has 5 aromatic carbocycles. The number of sulfonamides is 1. The third-order valence-electron chi connectivity index (χ3n) is 12.1. The molecule has 14 nitrogen and oxygen atoms in total. The van der Waals surface area contributed by atoms with Gasteiger partial charge in [-0.2, -0.15) is 5.10 Å². The van der Waals surface area contributed by atoms with Crippen molar-refractivity contribution in [3.63, 3.8) is 0 Å². The van der Waals surface area contributed by atoms with Gasteiger partial charge in [-0.3, -0.25) is 13.7 Å². The highest BCUT2D eigenvalue weighted by molar-refractivity contribution is 7.99. The number of carbonyl (C=O) groups is 1. The van der Waals surface area contributed by atoms with Gasteiger partial charge in [0.2, 0.25) is 0 Å². The second kappa shape index (κ2) is 22.1. The normalized spacial score (nSPS) is 15.8. The summed E-state index contributed by atoms with van der Waals surface area (Å²) < 4.78 is 54.3. The number of aliphatic hydroxyl groups excluding tert-OH is 1. The Morgan fingerprint density at radius 2 is 1.55 bits per heavy atom. The molecule has 1 aromatic heterocycles. The van der Waals surface area contributed by atoms with Crippen molar-refractivity contribution >= 4 is 73.1 Å². The number of aliphatic hydroxyl groups is 1. The van der Waals surface area contributed by atoms with Gasteiger partial charge in [-0.25, -0.2) is 13.1 Å². The van der Waals surface area contributed by atoms with Crippen LogP contribution < -0.4 is 25.2 Å². The summed E-state index contributed by atoms with van der Waals surface area (Å²) in [6, 6.07) is 38.0. The Morgan fingerprint density at radius 3 is 2.24 bits per heavy atom. The molecule has 0 saturated carbocycles. The predicted octanol–water partition coefficient (Wildman–Crippen LogP) is 7.61. The summed E-state index contributed by atoms with van der Waals surface area (Å²) in [5, 5.41) is 21.2. The maximum atomic E-state index is 13.7. The first-order valence-electron chi connectivity index (χ1n) is 22.3. The fourth-order valence-electron chi connectivity index (χ4n) is 8.39. The largest absolute Gasteiger partial charge is 0.771 e. The molecule has 0 bridgehead atoms. The molecule has 1 unspecified atom stereocenters. The highest BCUT2D eigenvalue weighted by Gasteiger charge is 2.24. The second-order valence-electron chi connectivity index (χ2n) is 16.7. The number of aromatic nitrogens is 2. The number of amides is 1. The van der Waals surface area contributed by atoms with E-state index < -0.39 is 32.9 Å². The molecular weight excluding hydrogens is 928 g/mol. The number of piperidine rings is 1. The van der Waals surface area contributed by atoms with E-state index >= 15 is 0 Å². The Kier molecular flexibility index (Phi) is 15.9. The Morgan fingerprint density at radius 1 is 0.866 bits per heavy atom. The number of aryl methyl sites for hydroxylation is 1. The van der Waals surface area contributed by atoms with Crippen molar-refractivity contribution in [3.8, 4) is 16.9 Å². The topological polar surface area (TPSA) is 175 Å². The van der Waals surface area contributed by atoms with Crippen LogP contribution in [0, 0.1) is 6.92 Å². The van der Waals surface area contributed by atoms with E-state index in [1.165, 1.54) is 11.1 Å². The number of thioether (sulfide) groups is 1. The third-order valence-corrected chi connectivity index (χ3v) is 15.3. The van der Waals surface area contributed by atoms with E-state index in [0.29, 0.717) is 48.3 Å². The fraction of sp³-hybridized carbons (Fsp3) is 0.306. The summed E-state index contributed by atoms with van der Waals surface area (Å²) in [5.74, 6) is -0.232. The summed E-state index contributed by atoms with van der Waals surface area (Å²) in [7, 11) is -3.87. The van der Waals surface area contributed by atoms with Crippen LogP contribution in [0.5, 0.6) is 0 Å². The van der Waals surface area contributed by atoms with Gasteiger partial charge in [0.05, 0.1) is 40.0 Å². The van der Waals surface area contributed by atoms with Crippen LogP contribution in [0.2, 0.25) is 5.02 Å². The number of nitrogens with zero attached hydrogens (tertiary/aromatic N) is 5. The minimum absolute atomic E-state index is 0.148. The zero-order valence-electron chi connectivity index (χ0n) is 37.1. The first-order chi connectivity index (χ1) is 32.4. The van der Waals surface area contributed by atoms with Crippen molar-refractivity contribution in [1.29, 1.82) is 0 Å². The lowest BCUT2D eigenvalue weighted by molar-refractivity contribution is 0.0817. The SMILES string of the molecule is Cc1cc(S(=O)(=O)Nc2ccc(N3CCN(c4cccc(-c5c(C(=O)NCS(=O)[O-])cnn5-c5ccc(Cl)cc5)c4)CC3)cc2)ccc1N[C@H](CCN1CCC(O)CC1)CSc1ccccc1. The molecule has 1 amide bonds. The number of likely N-dealkylation sites (tertiary alicyclic amines) is 1. The summed E-state index contributed by atoms with van der Waals surface area (Å²) in [6.45, 7) is 7.48. The summed E-state index contributed by atoms with van der Waals surface area (Å²) in [5.41, 5.74) is 6.29. The molecule has 2 fully saturated rings. The van der Waals surface area contributed by atoms with E-state index in [0.717, 1.165) is 72.8 Å². The number of benzene rings is 5. The van der Waals surface area contributed by atoms with Crippen LogP contribution in [0.15, 0.2) is 137 Å². The summed E-state index contributed by atoms with van der Waals surface area (Å²) in [4.78, 5) is 21.5. The molecule has 0 spiro atoms. The first-order valence-corrected chi connectivity index (χ1v) is 26.3. The molecule has 0 radical (unpaired) electrons. The van der Waals surface area contributed by atoms with Crippen LogP contribution in [0.1, 0.15) is 35.2 Å². The molecule has 6 aromatic rings. The molecule has 352 valence electrons. The molecule has 2 aliphatic heterocycles. The number of rotatable bonds is 18. The van der Waals surface area contributed by atoms with Gasteiger partial charge in [0.15, 0.2) is 0 Å². The van der Waals surface area contributed by atoms with Crippen molar-refractivity contribution in [3.05, 3.63) is 144 Å². The van der Waals surface area contributed by atoms with Crippen molar-refractivity contribution in [2.75, 3.05) is 77.3 Å². The van der Waals surface area contributed by atoms with E-state index in [1.54, 1.807) is 65.0 Å². The Balaban J connectivity index is 0.889. The van der Waals surface area contributed by atoms with Crippen molar-refractivity contribution < 1.29 is 27.1 Å². The maximum absolute atomic E-state index is 13.7. The van der Waals surface area contributed by atoms with Crippen molar-refractivity contribution in [2.24, 2.45) is 0 Å². The molecule has 2 aliphatic rings. The number of halogens is 1. The van der Waals surface area contributed by atoms with Gasteiger partial charge in [-0.05, 0) is 134 Å². The van der Waals surface area contributed by atoms with Gasteiger partial charge in [0.1, 0.15) is 0 Å². The molecule has 2 saturated heterocycles. The van der Waals surface area contributed by atoms with Crippen LogP contribution in [-0.4, -0.2) is 112 Å². The monoisotopic (exact) mass is 981 g/mol. The lowest BCUT2D eigenvalue weighted by atomic mass is 10.1. The van der Waals surface area contributed by atoms with Crippen LogP contribution in [-0.2, 0) is 21.1 Å². The molecule has 2 atom stereocenters. The van der Waals surface area contributed by atoms with Gasteiger partial charge < -0.3 is 35.0 Å². The van der Waals surface area contributed by atoms with Gasteiger partial charge >= 0.3 is 0 Å². The standard InChI is InChI=1S/C49H55ClN8O6S3/c1-35-30-45(18-19-47(35)53-39(33-65-44-8-3-2-4-9-44)20-23-55-24-21-43(59)22-25-55)67(63,64)54-38-12-16-40(17-13-38)56-26-28-57(29-27-56)42-7-5-6-36(31-42)48-46(49(60)51-34-66(61)62)32-52-58(48)41-14-10-37(50)11-15-41/h2-19,30-32,39,43,53-54,59H,20-29,33-34H2,1H3,(H,51,60)(H,61,62)/p-1/t39-/m1/s1. The number of hydrogen-bond donors (Lipinski definition) is 4. The molecular formula is C49H54ClN8O6S3-. The summed E-state index contributed by atoms with van der Waals surface area (Å²) >= 11 is 5.50. The molecule has 18 heteroatoms. The molecule has 3 heterocycles. The number of hydrogen-bond acceptors (Lipinski definition) is 12. The van der Waals surface area contributed by atoms with Gasteiger partial charge in [-0.15, -0.1) is 11.8 Å². The van der Waals surface area contributed by atoms with Crippen LogP contribution >= 0.6 is 23.4 Å². The fourth-order valence-corrected chi connectivity index (χ4v) is 10.9. The number of anilines is 4. The maximum Gasteiger partial charge on any atom is 0.261 e. The number of carbonyl (C=O) groups excluding carboxylic acids is 1. The zero-order chi connectivity index (χ0) is 46.9. The number of piperazine rings is 1. The molecule has 67 heavy (non-hydrogen) atoms. The van der Waals surface area contributed by atoms with Crippen molar-refractivity contribution in [1.82, 2.24) is 20.0 Å². The Labute approximate surface area is 404 Å². The van der Waals surface area contributed by atoms with Crippen LogP contribution in [0.3, 0.4) is 0 Å². The Bertz CT molecular complexity index is 2750. The van der Waals surface area contributed by atoms with Crippen LogP contribution in [0.25, 0.3) is 16.9 Å². The van der Waals surface area contributed by atoms with Gasteiger partial charge in [-0.1, -0.05) is 41.9 Å². The Hall–Kier alpha value is -5.40. The minimum atomic E-state index is -3.87. The zero-order valence-corrected chi connectivity index (χ0v) is 40.3. The molecule has 4 N–H and O–H groups in total. The first kappa shape index (κ1) is 48.1.